The monoisotopic (exact) mass is 457 g/mol. The molecule has 0 spiro atoms. The quantitative estimate of drug-likeness (QED) is 0.440. The van der Waals surface area contributed by atoms with Gasteiger partial charge in [-0.15, -0.1) is 0 Å². The van der Waals surface area contributed by atoms with Crippen molar-refractivity contribution in [2.24, 2.45) is 0 Å². The van der Waals surface area contributed by atoms with Crippen molar-refractivity contribution in [2.45, 2.75) is 52.1 Å². The van der Waals surface area contributed by atoms with E-state index in [0.717, 1.165) is 49.2 Å². The first-order valence-electron chi connectivity index (χ1n) is 11.0. The van der Waals surface area contributed by atoms with E-state index in [9.17, 15) is 18.0 Å². The number of fused-ring (bicyclic) bond motifs is 1. The maximum Gasteiger partial charge on any atom is 0.324 e. The summed E-state index contributed by atoms with van der Waals surface area (Å²) in [5.41, 5.74) is 3.55. The minimum atomic E-state index is -1.33. The second-order valence-corrected chi connectivity index (χ2v) is 8.30. The number of benzene rings is 2. The summed E-state index contributed by atoms with van der Waals surface area (Å²) >= 11 is 0. The van der Waals surface area contributed by atoms with Gasteiger partial charge in [-0.25, -0.2) is 22.6 Å². The smallest absolute Gasteiger partial charge is 0.310 e. The van der Waals surface area contributed by atoms with E-state index < -0.39 is 29.2 Å². The molecule has 2 aromatic carbocycles. The zero-order chi connectivity index (χ0) is 23.5. The molecule has 2 amide bonds. The van der Waals surface area contributed by atoms with Crippen LogP contribution >= 0.6 is 0 Å². The van der Waals surface area contributed by atoms with Crippen LogP contribution in [-0.2, 0) is 19.4 Å². The molecule has 1 aliphatic heterocycles. The zero-order valence-electron chi connectivity index (χ0n) is 18.5. The van der Waals surface area contributed by atoms with E-state index in [2.05, 4.69) is 41.0 Å². The van der Waals surface area contributed by atoms with Gasteiger partial charge in [0, 0.05) is 30.8 Å². The van der Waals surface area contributed by atoms with Gasteiger partial charge in [-0.05, 0) is 49.4 Å². The Morgan fingerprint density at radius 1 is 1.09 bits per heavy atom. The molecule has 0 saturated heterocycles. The van der Waals surface area contributed by atoms with Crippen LogP contribution in [0.15, 0.2) is 36.4 Å². The highest BCUT2D eigenvalue weighted by Gasteiger charge is 2.18. The Morgan fingerprint density at radius 2 is 1.88 bits per heavy atom. The zero-order valence-corrected chi connectivity index (χ0v) is 18.5. The minimum absolute atomic E-state index is 0.388. The van der Waals surface area contributed by atoms with Gasteiger partial charge in [0.25, 0.3) is 0 Å². The molecule has 0 radical (unpaired) electrons. The number of nitrogens with one attached hydrogen (secondary N) is 3. The van der Waals surface area contributed by atoms with Crippen molar-refractivity contribution in [3.8, 4) is 5.69 Å². The van der Waals surface area contributed by atoms with E-state index in [4.69, 9.17) is 0 Å². The van der Waals surface area contributed by atoms with Crippen molar-refractivity contribution < 1.29 is 18.0 Å². The van der Waals surface area contributed by atoms with Crippen LogP contribution in [0.5, 0.6) is 0 Å². The number of aryl methyl sites for hydroxylation is 1. The first-order valence-corrected chi connectivity index (χ1v) is 11.0. The second-order valence-electron chi connectivity index (χ2n) is 8.30. The largest absolute Gasteiger partial charge is 0.324 e. The highest BCUT2D eigenvalue weighted by molar-refractivity contribution is 5.99. The molecule has 0 saturated carbocycles. The van der Waals surface area contributed by atoms with Gasteiger partial charge in [0.15, 0.2) is 11.6 Å². The van der Waals surface area contributed by atoms with E-state index in [-0.39, 0.29) is 0 Å². The van der Waals surface area contributed by atoms with Gasteiger partial charge >= 0.3 is 6.03 Å². The lowest BCUT2D eigenvalue weighted by atomic mass is 9.96. The van der Waals surface area contributed by atoms with Crippen LogP contribution in [0.1, 0.15) is 43.5 Å². The lowest BCUT2D eigenvalue weighted by Crippen LogP contribution is -2.32. The van der Waals surface area contributed by atoms with Crippen LogP contribution in [0, 0.1) is 17.5 Å². The van der Waals surface area contributed by atoms with Crippen LogP contribution in [0.25, 0.3) is 5.69 Å². The third-order valence-corrected chi connectivity index (χ3v) is 5.65. The molecule has 0 aliphatic carbocycles. The van der Waals surface area contributed by atoms with E-state index in [1.807, 2.05) is 12.1 Å². The number of anilines is 2. The molecule has 0 fully saturated rings. The van der Waals surface area contributed by atoms with E-state index in [1.54, 1.807) is 10.7 Å². The Bertz CT molecular complexity index is 1180. The maximum absolute atomic E-state index is 13.9. The minimum Gasteiger partial charge on any atom is -0.310 e. The summed E-state index contributed by atoms with van der Waals surface area (Å²) in [6.45, 7) is 4.96. The number of nitrogens with zero attached hydrogens (tertiary/aromatic N) is 2. The Balaban J connectivity index is 1.60. The molecule has 9 heteroatoms. The molecule has 6 nitrogen and oxygen atoms in total. The number of halogens is 3. The SMILES string of the molecule is CCCCc1cc(NC(=O)Nc2cc(F)c(F)cc2F)n(-c2ccc3c(c2)CNC(C)C3)n1. The number of aromatic nitrogens is 2. The number of hydrogen-bond acceptors (Lipinski definition) is 3. The number of amides is 2. The number of rotatable bonds is 6. The highest BCUT2D eigenvalue weighted by Crippen LogP contribution is 2.25. The number of unbranched alkanes of at least 4 members (excludes halogenated alkanes) is 1. The van der Waals surface area contributed by atoms with E-state index in [1.165, 1.54) is 5.56 Å². The van der Waals surface area contributed by atoms with Crippen molar-refractivity contribution in [3.05, 3.63) is 70.7 Å². The van der Waals surface area contributed by atoms with Gasteiger partial charge in [-0.2, -0.15) is 5.10 Å². The molecule has 2 heterocycles. The molecule has 1 aromatic heterocycles. The molecule has 1 unspecified atom stereocenters. The van der Waals surface area contributed by atoms with Crippen LogP contribution in [0.4, 0.5) is 29.5 Å². The van der Waals surface area contributed by atoms with E-state index in [0.29, 0.717) is 24.0 Å². The molecular formula is C24H26F3N5O. The third-order valence-electron chi connectivity index (χ3n) is 5.65. The number of carbonyl (C=O) groups excluding carboxylic acids is 1. The molecular weight excluding hydrogens is 431 g/mol. The first kappa shape index (κ1) is 22.8. The predicted molar refractivity (Wildman–Crippen MR) is 121 cm³/mol. The average Bonchev–Trinajstić information content (AvgIpc) is 3.18. The molecule has 4 rings (SSSR count). The normalized spacial score (nSPS) is 15.2. The Kier molecular flexibility index (Phi) is 6.69. The van der Waals surface area contributed by atoms with Gasteiger partial charge in [-0.1, -0.05) is 19.4 Å². The fourth-order valence-corrected chi connectivity index (χ4v) is 3.88. The van der Waals surface area contributed by atoms with Gasteiger partial charge in [0.1, 0.15) is 11.6 Å². The first-order chi connectivity index (χ1) is 15.8. The number of urea groups is 1. The Hall–Kier alpha value is -3.33. The molecule has 174 valence electrons. The molecule has 1 aliphatic rings. The number of carbonyl (C=O) groups is 1. The van der Waals surface area contributed by atoms with Crippen molar-refractivity contribution >= 4 is 17.5 Å². The van der Waals surface area contributed by atoms with Gasteiger partial charge < -0.3 is 10.6 Å². The molecule has 3 aromatic rings. The summed E-state index contributed by atoms with van der Waals surface area (Å²) < 4.78 is 42.2. The van der Waals surface area contributed by atoms with Crippen LogP contribution in [-0.4, -0.2) is 21.9 Å². The average molecular weight is 458 g/mol. The predicted octanol–water partition coefficient (Wildman–Crippen LogP) is 5.31. The highest BCUT2D eigenvalue weighted by atomic mass is 19.2. The molecule has 1 atom stereocenters. The Labute approximate surface area is 190 Å². The fraction of sp³-hybridized carbons (Fsp3) is 0.333. The Morgan fingerprint density at radius 3 is 2.67 bits per heavy atom. The maximum atomic E-state index is 13.9. The van der Waals surface area contributed by atoms with Crippen LogP contribution < -0.4 is 16.0 Å². The van der Waals surface area contributed by atoms with Crippen molar-refractivity contribution in [1.82, 2.24) is 15.1 Å². The van der Waals surface area contributed by atoms with Crippen molar-refractivity contribution in [1.29, 1.82) is 0 Å². The van der Waals surface area contributed by atoms with Gasteiger partial charge in [0.2, 0.25) is 0 Å². The van der Waals surface area contributed by atoms with Crippen molar-refractivity contribution in [2.75, 3.05) is 10.6 Å². The summed E-state index contributed by atoms with van der Waals surface area (Å²) in [6, 6.07) is 8.41. The lowest BCUT2D eigenvalue weighted by molar-refractivity contribution is 0.262. The summed E-state index contributed by atoms with van der Waals surface area (Å²) in [5.74, 6) is -3.26. The second kappa shape index (κ2) is 9.66. The lowest BCUT2D eigenvalue weighted by Gasteiger charge is -2.23. The standard InChI is InChI=1S/C24H26F3N5O/c1-3-4-5-17-10-23(30-24(33)29-22-12-20(26)19(25)11-21(22)27)32(31-17)18-7-6-15-8-14(2)28-13-16(15)9-18/h6-7,9-12,14,28H,3-5,8,13H2,1-2H3,(H2,29,30,33). The molecule has 3 N–H and O–H groups in total. The summed E-state index contributed by atoms with van der Waals surface area (Å²) in [5, 5.41) is 13.0. The fourth-order valence-electron chi connectivity index (χ4n) is 3.88. The van der Waals surface area contributed by atoms with Crippen LogP contribution in [0.3, 0.4) is 0 Å². The molecule has 33 heavy (non-hydrogen) atoms. The third kappa shape index (κ3) is 5.19. The number of hydrogen-bond donors (Lipinski definition) is 3. The summed E-state index contributed by atoms with van der Waals surface area (Å²) in [7, 11) is 0. The van der Waals surface area contributed by atoms with E-state index >= 15 is 0 Å². The van der Waals surface area contributed by atoms with Crippen LogP contribution in [0.2, 0.25) is 0 Å². The van der Waals surface area contributed by atoms with Gasteiger partial charge in [-0.3, -0.25) is 5.32 Å². The van der Waals surface area contributed by atoms with Gasteiger partial charge in [0.05, 0.1) is 17.1 Å². The summed E-state index contributed by atoms with van der Waals surface area (Å²) in [6.07, 6.45) is 3.61. The molecule has 0 bridgehead atoms. The topological polar surface area (TPSA) is 71.0 Å². The summed E-state index contributed by atoms with van der Waals surface area (Å²) in [4.78, 5) is 12.5. The van der Waals surface area contributed by atoms with Crippen molar-refractivity contribution in [3.63, 3.8) is 0 Å².